The second-order valence-corrected chi connectivity index (χ2v) is 6.30. The number of hydrogen-bond acceptors (Lipinski definition) is 0. The highest BCUT2D eigenvalue weighted by Gasteiger charge is 2.21. The van der Waals surface area contributed by atoms with Gasteiger partial charge in [0.25, 0.3) is 0 Å². The van der Waals surface area contributed by atoms with Gasteiger partial charge in [-0.05, 0) is 67.6 Å². The average Bonchev–Trinajstić information content (AvgIpc) is 2.42. The van der Waals surface area contributed by atoms with E-state index in [1.54, 1.807) is 0 Å². The molecule has 1 rings (SSSR count). The fourth-order valence-electron chi connectivity index (χ4n) is 2.51. The van der Waals surface area contributed by atoms with Crippen LogP contribution in [0.15, 0.2) is 48.4 Å². The molecule has 0 heteroatoms. The average molecular weight is 256 g/mol. The Bertz CT molecular complexity index is 409. The summed E-state index contributed by atoms with van der Waals surface area (Å²) < 4.78 is 0. The van der Waals surface area contributed by atoms with E-state index in [1.165, 1.54) is 24.8 Å². The summed E-state index contributed by atoms with van der Waals surface area (Å²) in [7, 11) is 0. The molecule has 0 bridgehead atoms. The number of allylic oxidation sites excluding steroid dienone is 3. The zero-order valence-electron chi connectivity index (χ0n) is 12.8. The van der Waals surface area contributed by atoms with Crippen LogP contribution >= 0.6 is 0 Å². The molecule has 0 N–H and O–H groups in total. The first kappa shape index (κ1) is 15.8. The topological polar surface area (TPSA) is 0 Å². The Kier molecular flexibility index (Phi) is 6.16. The van der Waals surface area contributed by atoms with Gasteiger partial charge in [0.2, 0.25) is 0 Å². The predicted molar refractivity (Wildman–Crippen MR) is 85.0 cm³/mol. The lowest BCUT2D eigenvalue weighted by Gasteiger charge is -2.27. The van der Waals surface area contributed by atoms with Gasteiger partial charge in [0.05, 0.1) is 0 Å². The minimum atomic E-state index is 0.156. The van der Waals surface area contributed by atoms with Gasteiger partial charge in [0.15, 0.2) is 0 Å². The summed E-state index contributed by atoms with van der Waals surface area (Å²) in [5.41, 5.74) is 7.69. The highest BCUT2D eigenvalue weighted by molar-refractivity contribution is 5.10. The third-order valence-corrected chi connectivity index (χ3v) is 4.32. The van der Waals surface area contributed by atoms with Crippen LogP contribution in [-0.4, -0.2) is 0 Å². The van der Waals surface area contributed by atoms with Crippen molar-refractivity contribution in [3.63, 3.8) is 0 Å². The van der Waals surface area contributed by atoms with E-state index in [0.29, 0.717) is 5.92 Å². The van der Waals surface area contributed by atoms with Crippen LogP contribution in [0, 0.1) is 17.3 Å². The van der Waals surface area contributed by atoms with Gasteiger partial charge < -0.3 is 0 Å². The van der Waals surface area contributed by atoms with E-state index in [-0.39, 0.29) is 5.41 Å². The summed E-state index contributed by atoms with van der Waals surface area (Å²) in [6, 6.07) is 0. The van der Waals surface area contributed by atoms with Crippen LogP contribution in [-0.2, 0) is 0 Å². The summed E-state index contributed by atoms with van der Waals surface area (Å²) in [5.74, 6) is 1.40. The second kappa shape index (κ2) is 7.39. The van der Waals surface area contributed by atoms with Crippen molar-refractivity contribution in [2.45, 2.75) is 52.9 Å². The standard InChI is InChI=1S/C19H28/c1-6-8-14-19(4,5)16(3)12-13-18-11-9-10-17(7-2)15-18/h8,10-11,17-18H,1,3,7,12-15H2,2,4-5H3. The third-order valence-electron chi connectivity index (χ3n) is 4.32. The van der Waals surface area contributed by atoms with E-state index in [2.05, 4.69) is 57.5 Å². The van der Waals surface area contributed by atoms with Crippen molar-refractivity contribution in [1.82, 2.24) is 0 Å². The quantitative estimate of drug-likeness (QED) is 0.396. The van der Waals surface area contributed by atoms with Crippen molar-refractivity contribution in [3.05, 3.63) is 48.4 Å². The number of hydrogen-bond donors (Lipinski definition) is 0. The Morgan fingerprint density at radius 1 is 1.42 bits per heavy atom. The molecule has 104 valence electrons. The Labute approximate surface area is 119 Å². The highest BCUT2D eigenvalue weighted by atomic mass is 14.3. The van der Waals surface area contributed by atoms with Gasteiger partial charge in [-0.1, -0.05) is 39.5 Å². The van der Waals surface area contributed by atoms with Crippen LogP contribution < -0.4 is 0 Å². The molecule has 0 nitrogen and oxygen atoms in total. The maximum Gasteiger partial charge on any atom is -0.0107 e. The Morgan fingerprint density at radius 2 is 2.11 bits per heavy atom. The Morgan fingerprint density at radius 3 is 2.74 bits per heavy atom. The molecule has 0 heterocycles. The fourth-order valence-corrected chi connectivity index (χ4v) is 2.51. The van der Waals surface area contributed by atoms with E-state index in [0.717, 1.165) is 18.8 Å². The van der Waals surface area contributed by atoms with Crippen molar-refractivity contribution >= 4 is 0 Å². The second-order valence-electron chi connectivity index (χ2n) is 6.30. The molecule has 0 radical (unpaired) electrons. The molecule has 0 spiro atoms. The molecule has 0 aromatic heterocycles. The predicted octanol–water partition coefficient (Wildman–Crippen LogP) is 5.84. The van der Waals surface area contributed by atoms with Crippen molar-refractivity contribution < 1.29 is 0 Å². The molecule has 0 aliphatic heterocycles. The van der Waals surface area contributed by atoms with E-state index in [4.69, 9.17) is 0 Å². The zero-order valence-corrected chi connectivity index (χ0v) is 12.8. The zero-order chi connectivity index (χ0) is 14.3. The normalized spacial score (nSPS) is 22.1. The first-order valence-electron chi connectivity index (χ1n) is 7.45. The molecule has 2 unspecified atom stereocenters. The summed E-state index contributed by atoms with van der Waals surface area (Å²) in [6.45, 7) is 14.7. The smallest absolute Gasteiger partial charge is 0.0107 e. The summed E-state index contributed by atoms with van der Waals surface area (Å²) in [5, 5.41) is 0. The van der Waals surface area contributed by atoms with E-state index in [9.17, 15) is 0 Å². The van der Waals surface area contributed by atoms with E-state index >= 15 is 0 Å². The third kappa shape index (κ3) is 5.11. The first-order chi connectivity index (χ1) is 8.99. The number of rotatable bonds is 7. The van der Waals surface area contributed by atoms with Gasteiger partial charge in [0, 0.05) is 0 Å². The summed E-state index contributed by atoms with van der Waals surface area (Å²) >= 11 is 0. The minimum absolute atomic E-state index is 0.156. The summed E-state index contributed by atoms with van der Waals surface area (Å²) in [6.07, 6.45) is 12.3. The van der Waals surface area contributed by atoms with Gasteiger partial charge in [-0.3, -0.25) is 0 Å². The molecule has 0 amide bonds. The maximum absolute atomic E-state index is 4.29. The molecule has 19 heavy (non-hydrogen) atoms. The SMILES string of the molecule is C=C=CCC(C)(C)C(=C)CCC1C=C=CC(CC)C1. The van der Waals surface area contributed by atoms with Gasteiger partial charge in [-0.15, -0.1) is 11.5 Å². The summed E-state index contributed by atoms with van der Waals surface area (Å²) in [4.78, 5) is 0. The van der Waals surface area contributed by atoms with Gasteiger partial charge in [-0.2, -0.15) is 0 Å². The Hall–Kier alpha value is -1.22. The molecule has 2 atom stereocenters. The molecule has 0 saturated heterocycles. The Balaban J connectivity index is 2.46. The molecular weight excluding hydrogens is 228 g/mol. The lowest BCUT2D eigenvalue weighted by Crippen LogP contribution is -2.15. The molecule has 1 aliphatic rings. The molecule has 0 aromatic rings. The first-order valence-corrected chi connectivity index (χ1v) is 7.45. The van der Waals surface area contributed by atoms with Crippen LogP contribution in [0.4, 0.5) is 0 Å². The van der Waals surface area contributed by atoms with Crippen molar-refractivity contribution in [3.8, 4) is 0 Å². The van der Waals surface area contributed by atoms with Crippen molar-refractivity contribution in [2.75, 3.05) is 0 Å². The van der Waals surface area contributed by atoms with Crippen molar-refractivity contribution in [2.24, 2.45) is 17.3 Å². The van der Waals surface area contributed by atoms with Crippen LogP contribution in [0.3, 0.4) is 0 Å². The highest BCUT2D eigenvalue weighted by Crippen LogP contribution is 2.34. The van der Waals surface area contributed by atoms with Gasteiger partial charge >= 0.3 is 0 Å². The fraction of sp³-hybridized carbons (Fsp3) is 0.579. The lowest BCUT2D eigenvalue weighted by atomic mass is 9.77. The van der Waals surface area contributed by atoms with E-state index < -0.39 is 0 Å². The monoisotopic (exact) mass is 256 g/mol. The molecule has 0 saturated carbocycles. The molecule has 1 aliphatic carbocycles. The van der Waals surface area contributed by atoms with E-state index in [1.807, 2.05) is 6.08 Å². The lowest BCUT2D eigenvalue weighted by molar-refractivity contribution is 0.399. The maximum atomic E-state index is 4.29. The molecular formula is C19H28. The van der Waals surface area contributed by atoms with Crippen LogP contribution in [0.5, 0.6) is 0 Å². The minimum Gasteiger partial charge on any atom is -0.133 e. The van der Waals surface area contributed by atoms with Crippen LogP contribution in [0.2, 0.25) is 0 Å². The molecule has 0 aromatic carbocycles. The van der Waals surface area contributed by atoms with Gasteiger partial charge in [-0.25, -0.2) is 0 Å². The largest absolute Gasteiger partial charge is 0.133 e. The molecule has 0 fully saturated rings. The van der Waals surface area contributed by atoms with Crippen molar-refractivity contribution in [1.29, 1.82) is 0 Å². The van der Waals surface area contributed by atoms with Gasteiger partial charge in [0.1, 0.15) is 0 Å². The van der Waals surface area contributed by atoms with Crippen LogP contribution in [0.1, 0.15) is 52.9 Å². The van der Waals surface area contributed by atoms with Crippen LogP contribution in [0.25, 0.3) is 0 Å².